The number of pyridine rings is 1. The summed E-state index contributed by atoms with van der Waals surface area (Å²) in [6.45, 7) is 5.81. The number of nitrogens with one attached hydrogen (secondary N) is 1. The van der Waals surface area contributed by atoms with Gasteiger partial charge in [-0.25, -0.2) is 10.4 Å². The molecule has 0 bridgehead atoms. The fourth-order valence-corrected chi connectivity index (χ4v) is 3.74. The SMILES string of the molecule is Cc1nc2ccccn2c1C(=O)N/N=C\c1cc(C)n(-c2ccccc2Cl)c1C. The van der Waals surface area contributed by atoms with Crippen molar-refractivity contribution in [3.63, 3.8) is 0 Å². The van der Waals surface area contributed by atoms with Gasteiger partial charge in [-0.1, -0.05) is 29.8 Å². The van der Waals surface area contributed by atoms with Crippen molar-refractivity contribution in [1.29, 1.82) is 0 Å². The molecule has 29 heavy (non-hydrogen) atoms. The zero-order chi connectivity index (χ0) is 20.5. The van der Waals surface area contributed by atoms with E-state index in [1.165, 1.54) is 0 Å². The Hall–Kier alpha value is -3.38. The van der Waals surface area contributed by atoms with Crippen molar-refractivity contribution in [3.8, 4) is 5.69 Å². The fourth-order valence-electron chi connectivity index (χ4n) is 3.52. The number of hydrazone groups is 1. The first-order valence-electron chi connectivity index (χ1n) is 9.18. The molecule has 0 saturated heterocycles. The van der Waals surface area contributed by atoms with Crippen LogP contribution in [0.5, 0.6) is 0 Å². The first-order chi connectivity index (χ1) is 14.0. The predicted molar refractivity (Wildman–Crippen MR) is 115 cm³/mol. The first-order valence-corrected chi connectivity index (χ1v) is 9.56. The monoisotopic (exact) mass is 405 g/mol. The lowest BCUT2D eigenvalue weighted by Gasteiger charge is -2.11. The average molecular weight is 406 g/mol. The summed E-state index contributed by atoms with van der Waals surface area (Å²) in [7, 11) is 0. The second-order valence-corrected chi connectivity index (χ2v) is 7.19. The molecule has 0 saturated carbocycles. The summed E-state index contributed by atoms with van der Waals surface area (Å²) >= 11 is 6.36. The minimum Gasteiger partial charge on any atom is -0.316 e. The van der Waals surface area contributed by atoms with E-state index in [1.807, 2.05) is 75.5 Å². The van der Waals surface area contributed by atoms with Crippen molar-refractivity contribution >= 4 is 29.4 Å². The maximum absolute atomic E-state index is 12.6. The molecule has 146 valence electrons. The Labute approximate surface area is 173 Å². The number of benzene rings is 1. The van der Waals surface area contributed by atoms with Gasteiger partial charge in [-0.3, -0.25) is 9.20 Å². The molecule has 1 aromatic carbocycles. The number of imidazole rings is 1. The largest absolute Gasteiger partial charge is 0.316 e. The highest BCUT2D eigenvalue weighted by atomic mass is 35.5. The average Bonchev–Trinajstić information content (AvgIpc) is 3.17. The minimum absolute atomic E-state index is 0.308. The highest BCUT2D eigenvalue weighted by molar-refractivity contribution is 6.32. The molecule has 6 nitrogen and oxygen atoms in total. The smallest absolute Gasteiger partial charge is 0.290 e. The van der Waals surface area contributed by atoms with E-state index in [9.17, 15) is 4.79 Å². The Morgan fingerprint density at radius 3 is 2.69 bits per heavy atom. The first kappa shape index (κ1) is 19.0. The Bertz CT molecular complexity index is 1250. The van der Waals surface area contributed by atoms with Crippen molar-refractivity contribution in [1.82, 2.24) is 19.4 Å². The van der Waals surface area contributed by atoms with Crippen LogP contribution in [0.4, 0.5) is 0 Å². The maximum atomic E-state index is 12.6. The number of rotatable bonds is 4. The number of hydrogen-bond acceptors (Lipinski definition) is 3. The van der Waals surface area contributed by atoms with E-state index < -0.39 is 0 Å². The molecule has 0 fully saturated rings. The van der Waals surface area contributed by atoms with E-state index in [0.717, 1.165) is 28.3 Å². The maximum Gasteiger partial charge on any atom is 0.290 e. The van der Waals surface area contributed by atoms with Gasteiger partial charge in [0.15, 0.2) is 0 Å². The van der Waals surface area contributed by atoms with Crippen LogP contribution in [0.1, 0.15) is 33.1 Å². The molecular weight excluding hydrogens is 386 g/mol. The highest BCUT2D eigenvalue weighted by Gasteiger charge is 2.16. The minimum atomic E-state index is -0.308. The molecule has 7 heteroatoms. The summed E-state index contributed by atoms with van der Waals surface area (Å²) in [4.78, 5) is 17.1. The Balaban J connectivity index is 1.59. The van der Waals surface area contributed by atoms with Crippen LogP contribution in [-0.4, -0.2) is 26.1 Å². The number of carbonyl (C=O) groups is 1. The van der Waals surface area contributed by atoms with Crippen LogP contribution in [0.3, 0.4) is 0 Å². The van der Waals surface area contributed by atoms with Crippen LogP contribution in [-0.2, 0) is 0 Å². The number of hydrogen-bond donors (Lipinski definition) is 1. The fraction of sp³-hybridized carbons (Fsp3) is 0.136. The molecule has 4 rings (SSSR count). The lowest BCUT2D eigenvalue weighted by atomic mass is 10.2. The molecule has 1 amide bonds. The van der Waals surface area contributed by atoms with Gasteiger partial charge in [-0.05, 0) is 51.1 Å². The molecular formula is C22H20ClN5O. The van der Waals surface area contributed by atoms with Crippen LogP contribution in [0.2, 0.25) is 5.02 Å². The molecule has 0 spiro atoms. The third-order valence-electron chi connectivity index (χ3n) is 4.85. The van der Waals surface area contributed by atoms with Crippen molar-refractivity contribution in [3.05, 3.63) is 88.1 Å². The molecule has 3 aromatic heterocycles. The number of halogens is 1. The summed E-state index contributed by atoms with van der Waals surface area (Å²) < 4.78 is 3.82. The summed E-state index contributed by atoms with van der Waals surface area (Å²) in [5.41, 5.74) is 8.28. The molecule has 1 N–H and O–H groups in total. The number of carbonyl (C=O) groups excluding carboxylic acids is 1. The third kappa shape index (κ3) is 3.43. The van der Waals surface area contributed by atoms with Crippen molar-refractivity contribution in [2.24, 2.45) is 5.10 Å². The van der Waals surface area contributed by atoms with Crippen LogP contribution in [0, 0.1) is 20.8 Å². The molecule has 3 heterocycles. The van der Waals surface area contributed by atoms with Crippen LogP contribution < -0.4 is 5.43 Å². The molecule has 0 aliphatic carbocycles. The van der Waals surface area contributed by atoms with Gasteiger partial charge in [0, 0.05) is 23.1 Å². The topological polar surface area (TPSA) is 63.7 Å². The normalized spacial score (nSPS) is 11.4. The van der Waals surface area contributed by atoms with Crippen molar-refractivity contribution in [2.75, 3.05) is 0 Å². The van der Waals surface area contributed by atoms with Gasteiger partial charge < -0.3 is 4.57 Å². The van der Waals surface area contributed by atoms with Gasteiger partial charge in [0.2, 0.25) is 0 Å². The van der Waals surface area contributed by atoms with E-state index in [1.54, 1.807) is 10.6 Å². The molecule has 0 atom stereocenters. The Kier molecular flexibility index (Phi) is 4.94. The number of fused-ring (bicyclic) bond motifs is 1. The Morgan fingerprint density at radius 2 is 1.90 bits per heavy atom. The van der Waals surface area contributed by atoms with Gasteiger partial charge in [-0.2, -0.15) is 5.10 Å². The van der Waals surface area contributed by atoms with Gasteiger partial charge in [0.25, 0.3) is 5.91 Å². The molecule has 4 aromatic rings. The van der Waals surface area contributed by atoms with E-state index in [-0.39, 0.29) is 5.91 Å². The van der Waals surface area contributed by atoms with Crippen LogP contribution in [0.15, 0.2) is 59.8 Å². The van der Waals surface area contributed by atoms with Gasteiger partial charge in [-0.15, -0.1) is 0 Å². The number of aromatic nitrogens is 3. The number of amides is 1. The lowest BCUT2D eigenvalue weighted by molar-refractivity contribution is 0.0948. The molecule has 0 unspecified atom stereocenters. The van der Waals surface area contributed by atoms with Gasteiger partial charge in [0.05, 0.1) is 22.6 Å². The van der Waals surface area contributed by atoms with E-state index in [4.69, 9.17) is 11.6 Å². The standard InChI is InChI=1S/C22H20ClN5O/c1-14-12-17(16(3)28(14)19-9-5-4-8-18(19)23)13-24-26-22(29)21-15(2)25-20-10-6-7-11-27(20)21/h4-13H,1-3H3,(H,26,29)/b24-13-. The number of nitrogens with zero attached hydrogens (tertiary/aromatic N) is 4. The Morgan fingerprint density at radius 1 is 1.14 bits per heavy atom. The zero-order valence-corrected chi connectivity index (χ0v) is 17.1. The summed E-state index contributed by atoms with van der Waals surface area (Å²) in [6.07, 6.45) is 3.46. The zero-order valence-electron chi connectivity index (χ0n) is 16.3. The highest BCUT2D eigenvalue weighted by Crippen LogP contribution is 2.25. The van der Waals surface area contributed by atoms with Gasteiger partial charge in [0.1, 0.15) is 11.3 Å². The van der Waals surface area contributed by atoms with E-state index >= 15 is 0 Å². The molecule has 0 aliphatic rings. The quantitative estimate of drug-likeness (QED) is 0.402. The number of para-hydroxylation sites is 1. The van der Waals surface area contributed by atoms with Crippen molar-refractivity contribution in [2.45, 2.75) is 20.8 Å². The second-order valence-electron chi connectivity index (χ2n) is 6.79. The summed E-state index contributed by atoms with van der Waals surface area (Å²) in [5, 5.41) is 4.84. The van der Waals surface area contributed by atoms with Gasteiger partial charge >= 0.3 is 0 Å². The summed E-state index contributed by atoms with van der Waals surface area (Å²) in [6, 6.07) is 15.3. The van der Waals surface area contributed by atoms with Crippen LogP contribution >= 0.6 is 11.6 Å². The second kappa shape index (κ2) is 7.56. The number of aryl methyl sites for hydroxylation is 2. The van der Waals surface area contributed by atoms with E-state index in [0.29, 0.717) is 16.4 Å². The molecule has 0 radical (unpaired) electrons. The van der Waals surface area contributed by atoms with Crippen LogP contribution in [0.25, 0.3) is 11.3 Å². The third-order valence-corrected chi connectivity index (χ3v) is 5.17. The molecule has 0 aliphatic heterocycles. The summed E-state index contributed by atoms with van der Waals surface area (Å²) in [5.74, 6) is -0.308. The van der Waals surface area contributed by atoms with E-state index in [2.05, 4.69) is 20.1 Å². The van der Waals surface area contributed by atoms with Crippen molar-refractivity contribution < 1.29 is 4.79 Å². The lowest BCUT2D eigenvalue weighted by Crippen LogP contribution is -2.20. The predicted octanol–water partition coefficient (Wildman–Crippen LogP) is 4.47.